The summed E-state index contributed by atoms with van der Waals surface area (Å²) in [4.78, 5) is 27.9. The molecule has 0 spiro atoms. The Morgan fingerprint density at radius 3 is 2.39 bits per heavy atom. The van der Waals surface area contributed by atoms with E-state index < -0.39 is 64.2 Å². The van der Waals surface area contributed by atoms with Crippen molar-refractivity contribution in [2.75, 3.05) is 14.1 Å². The van der Waals surface area contributed by atoms with Crippen molar-refractivity contribution in [1.29, 1.82) is 5.26 Å². The highest BCUT2D eigenvalue weighted by molar-refractivity contribution is 6.15. The molecule has 1 aromatic carbocycles. The first-order chi connectivity index (χ1) is 14.5. The molecule has 0 radical (unpaired) electrons. The minimum atomic E-state index is -2.80. The fourth-order valence-electron chi connectivity index (χ4n) is 5.45. The number of aromatic hydroxyl groups is 1. The van der Waals surface area contributed by atoms with E-state index in [1.165, 1.54) is 31.1 Å². The molecule has 4 rings (SSSR count). The monoisotopic (exact) mass is 426 g/mol. The highest BCUT2D eigenvalue weighted by atomic mass is 16.4. The first kappa shape index (κ1) is 21.1. The third kappa shape index (κ3) is 2.41. The van der Waals surface area contributed by atoms with Crippen LogP contribution in [0.4, 0.5) is 0 Å². The summed E-state index contributed by atoms with van der Waals surface area (Å²) in [5, 5.41) is 64.1. The van der Waals surface area contributed by atoms with Crippen LogP contribution in [0.2, 0.25) is 0 Å². The van der Waals surface area contributed by atoms with E-state index in [2.05, 4.69) is 0 Å². The van der Waals surface area contributed by atoms with Gasteiger partial charge in [-0.1, -0.05) is 19.1 Å². The maximum absolute atomic E-state index is 13.6. The molecule has 31 heavy (non-hydrogen) atoms. The number of Topliss-reactive ketones (excluding diaryl/α,β-unsaturated/α-hetero) is 2. The maximum atomic E-state index is 13.6. The Hall–Kier alpha value is -3.19. The van der Waals surface area contributed by atoms with Crippen LogP contribution in [-0.2, 0) is 9.59 Å². The number of hydrogen-bond donors (Lipinski definition) is 5. The van der Waals surface area contributed by atoms with Gasteiger partial charge in [-0.25, -0.2) is 0 Å². The summed E-state index contributed by atoms with van der Waals surface area (Å²) >= 11 is 0. The zero-order valence-electron chi connectivity index (χ0n) is 17.1. The van der Waals surface area contributed by atoms with Crippen LogP contribution < -0.4 is 0 Å². The third-order valence-electron chi connectivity index (χ3n) is 6.86. The summed E-state index contributed by atoms with van der Waals surface area (Å²) in [6.45, 7) is 1.70. The zero-order valence-corrected chi connectivity index (χ0v) is 17.1. The lowest BCUT2D eigenvalue weighted by Crippen LogP contribution is -2.69. The second kappa shape index (κ2) is 6.65. The van der Waals surface area contributed by atoms with Crippen molar-refractivity contribution in [2.45, 2.75) is 30.6 Å². The SMILES string of the molecule is C[C@H]1c2cccc(O)c2C(O)=C2C(=O)[C@]3(O)C(O)=C(C#N)C(=O)[C@@H](N(C)C)[C@@H]3[C@@H](O)[C@@H]21. The Kier molecular flexibility index (Phi) is 4.52. The Morgan fingerprint density at radius 1 is 1.16 bits per heavy atom. The van der Waals surface area contributed by atoms with Crippen molar-refractivity contribution >= 4 is 17.3 Å². The number of phenols is 1. The molecule has 3 aliphatic carbocycles. The van der Waals surface area contributed by atoms with Crippen LogP contribution in [0.15, 0.2) is 35.1 Å². The number of aliphatic hydroxyl groups is 4. The molecule has 1 saturated carbocycles. The Balaban J connectivity index is 2.06. The van der Waals surface area contributed by atoms with Crippen molar-refractivity contribution in [3.8, 4) is 11.8 Å². The molecule has 0 amide bonds. The van der Waals surface area contributed by atoms with Crippen molar-refractivity contribution in [3.05, 3.63) is 46.2 Å². The van der Waals surface area contributed by atoms with E-state index in [9.17, 15) is 40.4 Å². The molecule has 0 aromatic heterocycles. The number of aliphatic hydroxyl groups excluding tert-OH is 3. The molecular weight excluding hydrogens is 404 g/mol. The minimum absolute atomic E-state index is 0.00358. The number of benzene rings is 1. The number of phenolic OH excluding ortho intramolecular Hbond substituents is 1. The third-order valence-corrected chi connectivity index (χ3v) is 6.86. The molecule has 1 fully saturated rings. The van der Waals surface area contributed by atoms with E-state index in [1.807, 2.05) is 0 Å². The molecule has 0 heterocycles. The predicted octanol–water partition coefficient (Wildman–Crippen LogP) is 0.534. The molecule has 0 saturated heterocycles. The number of carbonyl (C=O) groups is 2. The number of likely N-dealkylation sites (N-methyl/N-ethyl adjacent to an activating group) is 1. The molecule has 1 aromatic rings. The van der Waals surface area contributed by atoms with E-state index >= 15 is 0 Å². The zero-order chi connectivity index (χ0) is 23.0. The Bertz CT molecular complexity index is 1130. The Morgan fingerprint density at radius 2 is 1.81 bits per heavy atom. The first-order valence-electron chi connectivity index (χ1n) is 9.75. The van der Waals surface area contributed by atoms with Gasteiger partial charge in [0, 0.05) is 11.5 Å². The normalized spacial score (nSPS) is 34.9. The molecule has 0 bridgehead atoms. The van der Waals surface area contributed by atoms with Crippen LogP contribution in [-0.4, -0.2) is 73.8 Å². The van der Waals surface area contributed by atoms with Crippen LogP contribution in [0.25, 0.3) is 5.76 Å². The maximum Gasteiger partial charge on any atom is 0.202 e. The molecule has 5 N–H and O–H groups in total. The summed E-state index contributed by atoms with van der Waals surface area (Å²) in [6.07, 6.45) is -1.54. The van der Waals surface area contributed by atoms with Gasteiger partial charge >= 0.3 is 0 Å². The molecule has 6 atom stereocenters. The number of hydrogen-bond acceptors (Lipinski definition) is 9. The largest absolute Gasteiger partial charge is 0.507 e. The molecule has 9 heteroatoms. The van der Waals surface area contributed by atoms with Gasteiger partial charge < -0.3 is 25.5 Å². The molecule has 9 nitrogen and oxygen atoms in total. The molecular formula is C22H22N2O7. The summed E-state index contributed by atoms with van der Waals surface area (Å²) in [7, 11) is 3.00. The highest BCUT2D eigenvalue weighted by Crippen LogP contribution is 2.55. The molecule has 0 unspecified atom stereocenters. The lowest BCUT2D eigenvalue weighted by Gasteiger charge is -2.53. The number of nitriles is 1. The van der Waals surface area contributed by atoms with Crippen molar-refractivity contribution < 1.29 is 35.1 Å². The van der Waals surface area contributed by atoms with Crippen molar-refractivity contribution in [1.82, 2.24) is 4.90 Å². The van der Waals surface area contributed by atoms with Gasteiger partial charge in [-0.15, -0.1) is 0 Å². The van der Waals surface area contributed by atoms with Gasteiger partial charge in [0.25, 0.3) is 0 Å². The van der Waals surface area contributed by atoms with Crippen LogP contribution in [0.1, 0.15) is 24.0 Å². The first-order valence-corrected chi connectivity index (χ1v) is 9.75. The van der Waals surface area contributed by atoms with Gasteiger partial charge in [0.1, 0.15) is 23.2 Å². The van der Waals surface area contributed by atoms with Crippen molar-refractivity contribution in [2.24, 2.45) is 11.8 Å². The van der Waals surface area contributed by atoms with Crippen molar-refractivity contribution in [3.63, 3.8) is 0 Å². The second-order valence-corrected chi connectivity index (χ2v) is 8.54. The lowest BCUT2D eigenvalue weighted by atomic mass is 9.54. The standard InChI is InChI=1S/C22H22N2O7/c1-8-9-5-4-6-11(25)13(9)18(27)14-12(8)19(28)15-16(24(2)3)17(26)10(7-23)20(29)22(15,31)21(14)30/h4-6,8,12,15-16,19,25,27-29,31H,1-3H3/t8-,12+,15+,16-,19-,22+/m0/s1. The van der Waals surface area contributed by atoms with Gasteiger partial charge in [0.05, 0.1) is 23.6 Å². The Labute approximate surface area is 177 Å². The van der Waals surface area contributed by atoms with Gasteiger partial charge in [0.15, 0.2) is 17.1 Å². The minimum Gasteiger partial charge on any atom is -0.507 e. The van der Waals surface area contributed by atoms with Gasteiger partial charge in [-0.05, 0) is 31.6 Å². The number of carbonyl (C=O) groups excluding carboxylic acids is 2. The average Bonchev–Trinajstić information content (AvgIpc) is 2.71. The summed E-state index contributed by atoms with van der Waals surface area (Å²) in [5.74, 6) is -7.04. The van der Waals surface area contributed by atoms with Crippen LogP contribution in [0.5, 0.6) is 5.75 Å². The topological polar surface area (TPSA) is 162 Å². The van der Waals surface area contributed by atoms with Gasteiger partial charge in [0.2, 0.25) is 5.78 Å². The van der Waals surface area contributed by atoms with Crippen LogP contribution >= 0.6 is 0 Å². The average molecular weight is 426 g/mol. The second-order valence-electron chi connectivity index (χ2n) is 8.54. The molecule has 162 valence electrons. The quantitative estimate of drug-likeness (QED) is 0.431. The summed E-state index contributed by atoms with van der Waals surface area (Å²) < 4.78 is 0. The fourth-order valence-corrected chi connectivity index (χ4v) is 5.45. The van der Waals surface area contributed by atoms with Crippen LogP contribution in [0, 0.1) is 23.2 Å². The number of rotatable bonds is 1. The van der Waals surface area contributed by atoms with E-state index in [0.717, 1.165) is 0 Å². The number of ketones is 2. The molecule has 0 aliphatic heterocycles. The van der Waals surface area contributed by atoms with E-state index in [1.54, 1.807) is 19.1 Å². The lowest BCUT2D eigenvalue weighted by molar-refractivity contribution is -0.168. The highest BCUT2D eigenvalue weighted by Gasteiger charge is 2.67. The van der Waals surface area contributed by atoms with E-state index in [4.69, 9.17) is 0 Å². The van der Waals surface area contributed by atoms with Crippen LogP contribution in [0.3, 0.4) is 0 Å². The number of nitrogens with zero attached hydrogens (tertiary/aromatic N) is 2. The smallest absolute Gasteiger partial charge is 0.202 e. The van der Waals surface area contributed by atoms with E-state index in [0.29, 0.717) is 5.56 Å². The molecule has 3 aliphatic rings. The van der Waals surface area contributed by atoms with Gasteiger partial charge in [-0.3, -0.25) is 14.5 Å². The van der Waals surface area contributed by atoms with E-state index in [-0.39, 0.29) is 16.9 Å². The fraction of sp³-hybridized carbons (Fsp3) is 0.409. The number of fused-ring (bicyclic) bond motifs is 3. The summed E-state index contributed by atoms with van der Waals surface area (Å²) in [5.41, 5.74) is -3.44. The predicted molar refractivity (Wildman–Crippen MR) is 107 cm³/mol. The summed E-state index contributed by atoms with van der Waals surface area (Å²) in [6, 6.07) is 4.81. The van der Waals surface area contributed by atoms with Gasteiger partial charge in [-0.2, -0.15) is 5.26 Å².